The van der Waals surface area contributed by atoms with Crippen LogP contribution in [0.25, 0.3) is 0 Å². The van der Waals surface area contributed by atoms with Crippen molar-refractivity contribution in [3.63, 3.8) is 0 Å². The number of nitrogens with zero attached hydrogens (tertiary/aromatic N) is 1. The van der Waals surface area contributed by atoms with Crippen LogP contribution in [0.5, 0.6) is 0 Å². The summed E-state index contributed by atoms with van der Waals surface area (Å²) >= 11 is 0. The lowest BCUT2D eigenvalue weighted by Gasteiger charge is -2.37. The first kappa shape index (κ1) is 16.8. The Hall–Kier alpha value is -0.570. The summed E-state index contributed by atoms with van der Waals surface area (Å²) in [4.78, 5) is 14.9. The van der Waals surface area contributed by atoms with Gasteiger partial charge in [0.05, 0.1) is 0 Å². The summed E-state index contributed by atoms with van der Waals surface area (Å²) in [7, 11) is 0. The van der Waals surface area contributed by atoms with E-state index in [9.17, 15) is 4.79 Å². The van der Waals surface area contributed by atoms with E-state index in [1.165, 1.54) is 51.4 Å². The van der Waals surface area contributed by atoms with Gasteiger partial charge in [-0.25, -0.2) is 0 Å². The number of hydrogen-bond acceptors (Lipinski definition) is 2. The topological polar surface area (TPSA) is 46.3 Å². The predicted molar refractivity (Wildman–Crippen MR) is 88.0 cm³/mol. The fourth-order valence-electron chi connectivity index (χ4n) is 4.30. The zero-order chi connectivity index (χ0) is 15.1. The molecule has 1 heterocycles. The second-order valence-corrected chi connectivity index (χ2v) is 7.41. The smallest absolute Gasteiger partial charge is 0.223 e. The van der Waals surface area contributed by atoms with E-state index in [-0.39, 0.29) is 5.41 Å². The molecule has 1 saturated carbocycles. The number of hydrogen-bond donors (Lipinski definition) is 1. The number of carbonyl (C=O) groups is 1. The van der Waals surface area contributed by atoms with Gasteiger partial charge in [-0.05, 0) is 50.0 Å². The van der Waals surface area contributed by atoms with Crippen LogP contribution in [-0.4, -0.2) is 30.4 Å². The summed E-state index contributed by atoms with van der Waals surface area (Å²) in [6.45, 7) is 4.90. The average Bonchev–Trinajstić information content (AvgIpc) is 2.74. The molecule has 1 unspecified atom stereocenters. The van der Waals surface area contributed by atoms with Crippen LogP contribution < -0.4 is 5.73 Å². The van der Waals surface area contributed by atoms with Crippen LogP contribution in [0, 0.1) is 11.3 Å². The Labute approximate surface area is 130 Å². The number of carbonyl (C=O) groups excluding carboxylic acids is 1. The molecule has 0 aromatic rings. The summed E-state index contributed by atoms with van der Waals surface area (Å²) in [6, 6.07) is 0. The molecule has 2 aliphatic rings. The van der Waals surface area contributed by atoms with Gasteiger partial charge in [0.2, 0.25) is 5.91 Å². The van der Waals surface area contributed by atoms with Crippen molar-refractivity contribution in [1.29, 1.82) is 0 Å². The second-order valence-electron chi connectivity index (χ2n) is 7.41. The molecular formula is C18H34N2O. The highest BCUT2D eigenvalue weighted by Crippen LogP contribution is 2.39. The minimum atomic E-state index is 0.116. The maximum Gasteiger partial charge on any atom is 0.223 e. The second kappa shape index (κ2) is 8.17. The van der Waals surface area contributed by atoms with Crippen LogP contribution in [0.3, 0.4) is 0 Å². The molecule has 21 heavy (non-hydrogen) atoms. The minimum absolute atomic E-state index is 0.116. The van der Waals surface area contributed by atoms with E-state index in [1.807, 2.05) is 0 Å². The van der Waals surface area contributed by atoms with E-state index in [0.717, 1.165) is 31.8 Å². The van der Waals surface area contributed by atoms with E-state index in [2.05, 4.69) is 11.8 Å². The molecule has 0 aromatic heterocycles. The van der Waals surface area contributed by atoms with Gasteiger partial charge >= 0.3 is 0 Å². The summed E-state index contributed by atoms with van der Waals surface area (Å²) in [6.07, 6.45) is 13.1. The monoisotopic (exact) mass is 294 g/mol. The Bertz CT molecular complexity index is 323. The molecule has 1 amide bonds. The first-order valence-corrected chi connectivity index (χ1v) is 9.17. The Morgan fingerprint density at radius 3 is 2.57 bits per heavy atom. The maximum absolute atomic E-state index is 12.7. The number of rotatable bonds is 5. The highest BCUT2D eigenvalue weighted by Gasteiger charge is 2.34. The van der Waals surface area contributed by atoms with Crippen molar-refractivity contribution in [2.24, 2.45) is 17.1 Å². The summed E-state index contributed by atoms with van der Waals surface area (Å²) < 4.78 is 0. The van der Waals surface area contributed by atoms with Gasteiger partial charge in [0.15, 0.2) is 0 Å². The average molecular weight is 294 g/mol. The number of amides is 1. The van der Waals surface area contributed by atoms with Crippen LogP contribution in [-0.2, 0) is 4.79 Å². The third-order valence-corrected chi connectivity index (χ3v) is 5.77. The molecule has 0 bridgehead atoms. The van der Waals surface area contributed by atoms with Crippen molar-refractivity contribution in [3.8, 4) is 0 Å². The molecule has 3 nitrogen and oxygen atoms in total. The lowest BCUT2D eigenvalue weighted by molar-refractivity contribution is -0.134. The maximum atomic E-state index is 12.7. The quantitative estimate of drug-likeness (QED) is 0.840. The molecule has 1 atom stereocenters. The molecule has 1 saturated heterocycles. The zero-order valence-corrected chi connectivity index (χ0v) is 13.9. The van der Waals surface area contributed by atoms with Gasteiger partial charge in [0.1, 0.15) is 0 Å². The van der Waals surface area contributed by atoms with Gasteiger partial charge in [-0.2, -0.15) is 0 Å². The van der Waals surface area contributed by atoms with Crippen LogP contribution in [0.15, 0.2) is 0 Å². The SMILES string of the molecule is CCCC1CCCN(C(=O)CC2(CN)CCCCC2)CC1. The summed E-state index contributed by atoms with van der Waals surface area (Å²) in [5, 5.41) is 0. The summed E-state index contributed by atoms with van der Waals surface area (Å²) in [5.74, 6) is 1.21. The third-order valence-electron chi connectivity index (χ3n) is 5.77. The van der Waals surface area contributed by atoms with Crippen molar-refractivity contribution in [3.05, 3.63) is 0 Å². The third kappa shape index (κ3) is 4.70. The van der Waals surface area contributed by atoms with E-state index in [0.29, 0.717) is 18.9 Å². The van der Waals surface area contributed by atoms with Crippen LogP contribution in [0.1, 0.15) is 77.6 Å². The molecule has 0 aromatic carbocycles. The van der Waals surface area contributed by atoms with Crippen LogP contribution in [0.2, 0.25) is 0 Å². The first-order valence-electron chi connectivity index (χ1n) is 9.17. The van der Waals surface area contributed by atoms with Gasteiger partial charge < -0.3 is 10.6 Å². The van der Waals surface area contributed by atoms with Gasteiger partial charge in [-0.1, -0.05) is 39.0 Å². The molecule has 2 N–H and O–H groups in total. The van der Waals surface area contributed by atoms with E-state index >= 15 is 0 Å². The lowest BCUT2D eigenvalue weighted by Crippen LogP contribution is -2.41. The lowest BCUT2D eigenvalue weighted by atomic mass is 9.71. The predicted octanol–water partition coefficient (Wildman–Crippen LogP) is 3.71. The molecular weight excluding hydrogens is 260 g/mol. The molecule has 1 aliphatic heterocycles. The van der Waals surface area contributed by atoms with E-state index < -0.39 is 0 Å². The Morgan fingerprint density at radius 1 is 1.14 bits per heavy atom. The Kier molecular flexibility index (Phi) is 6.53. The molecule has 122 valence electrons. The largest absolute Gasteiger partial charge is 0.343 e. The molecule has 0 spiro atoms. The van der Waals surface area contributed by atoms with Crippen LogP contribution in [0.4, 0.5) is 0 Å². The Morgan fingerprint density at radius 2 is 1.90 bits per heavy atom. The standard InChI is InChI=1S/C18H34N2O/c1-2-7-16-8-6-12-20(13-9-16)17(21)14-18(15-19)10-4-3-5-11-18/h16H,2-15,19H2,1H3. The minimum Gasteiger partial charge on any atom is -0.343 e. The molecule has 0 radical (unpaired) electrons. The normalized spacial score (nSPS) is 26.4. The van der Waals surface area contributed by atoms with Gasteiger partial charge in [-0.15, -0.1) is 0 Å². The highest BCUT2D eigenvalue weighted by atomic mass is 16.2. The first-order chi connectivity index (χ1) is 10.2. The summed E-state index contributed by atoms with van der Waals surface area (Å²) in [5.41, 5.74) is 6.15. The fraction of sp³-hybridized carbons (Fsp3) is 0.944. The van der Waals surface area contributed by atoms with Crippen molar-refractivity contribution in [2.45, 2.75) is 77.6 Å². The Balaban J connectivity index is 1.87. The fourth-order valence-corrected chi connectivity index (χ4v) is 4.30. The van der Waals surface area contributed by atoms with Gasteiger partial charge in [0.25, 0.3) is 0 Å². The van der Waals surface area contributed by atoms with Crippen molar-refractivity contribution in [1.82, 2.24) is 4.90 Å². The zero-order valence-electron chi connectivity index (χ0n) is 13.9. The number of nitrogens with two attached hydrogens (primary N) is 1. The van der Waals surface area contributed by atoms with Crippen LogP contribution >= 0.6 is 0 Å². The van der Waals surface area contributed by atoms with Gasteiger partial charge in [-0.3, -0.25) is 4.79 Å². The van der Waals surface area contributed by atoms with Crippen molar-refractivity contribution in [2.75, 3.05) is 19.6 Å². The molecule has 2 fully saturated rings. The van der Waals surface area contributed by atoms with Gasteiger partial charge in [0, 0.05) is 19.5 Å². The molecule has 3 heteroatoms. The number of likely N-dealkylation sites (tertiary alicyclic amines) is 1. The highest BCUT2D eigenvalue weighted by molar-refractivity contribution is 5.77. The van der Waals surface area contributed by atoms with Crippen molar-refractivity contribution < 1.29 is 4.79 Å². The molecule has 1 aliphatic carbocycles. The molecule has 2 rings (SSSR count). The van der Waals surface area contributed by atoms with Crippen molar-refractivity contribution >= 4 is 5.91 Å². The van der Waals surface area contributed by atoms with E-state index in [1.54, 1.807) is 0 Å². The van der Waals surface area contributed by atoms with E-state index in [4.69, 9.17) is 5.73 Å².